The maximum absolute atomic E-state index is 11.3. The first-order valence-electron chi connectivity index (χ1n) is 5.59. The fourth-order valence-electron chi connectivity index (χ4n) is 1.89. The van der Waals surface area contributed by atoms with Crippen LogP contribution in [0.2, 0.25) is 0 Å². The van der Waals surface area contributed by atoms with Gasteiger partial charge in [-0.25, -0.2) is 9.89 Å². The predicted octanol–water partition coefficient (Wildman–Crippen LogP) is 0.583. The Morgan fingerprint density at radius 2 is 2.53 bits per heavy atom. The Morgan fingerprint density at radius 3 is 3.35 bits per heavy atom. The van der Waals surface area contributed by atoms with Gasteiger partial charge in [0.15, 0.2) is 5.65 Å². The molecule has 1 saturated heterocycles. The van der Waals surface area contributed by atoms with E-state index in [1.54, 1.807) is 6.07 Å². The van der Waals surface area contributed by atoms with Gasteiger partial charge in [-0.1, -0.05) is 0 Å². The molecule has 0 bridgehead atoms. The van der Waals surface area contributed by atoms with Crippen molar-refractivity contribution >= 4 is 23.2 Å². The molecule has 3 rings (SSSR count). The molecule has 17 heavy (non-hydrogen) atoms. The molecule has 6 nitrogen and oxygen atoms in total. The van der Waals surface area contributed by atoms with Crippen LogP contribution in [-0.4, -0.2) is 37.9 Å². The lowest BCUT2D eigenvalue weighted by molar-refractivity contribution is 0.629. The smallest absolute Gasteiger partial charge is 0.364 e. The lowest BCUT2D eigenvalue weighted by Gasteiger charge is -2.09. The second-order valence-corrected chi connectivity index (χ2v) is 5.28. The highest BCUT2D eigenvalue weighted by Gasteiger charge is 2.15. The van der Waals surface area contributed by atoms with Crippen molar-refractivity contribution in [1.82, 2.24) is 19.8 Å². The maximum atomic E-state index is 11.3. The molecule has 0 radical (unpaired) electrons. The van der Waals surface area contributed by atoms with E-state index in [0.717, 1.165) is 12.4 Å². The molecule has 7 heteroatoms. The van der Waals surface area contributed by atoms with E-state index in [1.165, 1.54) is 22.4 Å². The van der Waals surface area contributed by atoms with Crippen molar-refractivity contribution in [3.05, 3.63) is 22.6 Å². The summed E-state index contributed by atoms with van der Waals surface area (Å²) in [4.78, 5) is 11.3. The second kappa shape index (κ2) is 4.40. The zero-order valence-electron chi connectivity index (χ0n) is 9.22. The van der Waals surface area contributed by atoms with E-state index in [2.05, 4.69) is 20.6 Å². The minimum absolute atomic E-state index is 0.305. The van der Waals surface area contributed by atoms with Crippen molar-refractivity contribution in [1.29, 1.82) is 0 Å². The molecule has 0 aromatic carbocycles. The molecule has 3 heterocycles. The van der Waals surface area contributed by atoms with Crippen LogP contribution in [0, 0.1) is 5.92 Å². The lowest BCUT2D eigenvalue weighted by Crippen LogP contribution is -2.17. The molecule has 1 aliphatic rings. The van der Waals surface area contributed by atoms with Gasteiger partial charge in [0, 0.05) is 6.54 Å². The first-order valence-corrected chi connectivity index (χ1v) is 6.74. The fraction of sp³-hybridized carbons (Fsp3) is 0.500. The van der Waals surface area contributed by atoms with E-state index < -0.39 is 0 Å². The summed E-state index contributed by atoms with van der Waals surface area (Å²) in [5.41, 5.74) is 0.233. The molecular formula is C10H13N5OS. The number of nitrogens with zero attached hydrogens (tertiary/aromatic N) is 3. The van der Waals surface area contributed by atoms with Gasteiger partial charge in [-0.05, 0) is 36.0 Å². The van der Waals surface area contributed by atoms with Crippen molar-refractivity contribution in [2.24, 2.45) is 5.92 Å². The number of H-pyrrole nitrogens is 1. The topological polar surface area (TPSA) is 75.1 Å². The maximum Gasteiger partial charge on any atom is 0.364 e. The van der Waals surface area contributed by atoms with E-state index in [4.69, 9.17) is 0 Å². The van der Waals surface area contributed by atoms with Crippen molar-refractivity contribution < 1.29 is 0 Å². The number of aromatic amines is 1. The third-order valence-electron chi connectivity index (χ3n) is 2.87. The summed E-state index contributed by atoms with van der Waals surface area (Å²) in [6.07, 6.45) is 1.26. The van der Waals surface area contributed by atoms with E-state index in [-0.39, 0.29) is 5.69 Å². The summed E-state index contributed by atoms with van der Waals surface area (Å²) < 4.78 is 1.27. The molecule has 0 spiro atoms. The number of aromatic nitrogens is 4. The molecule has 1 aliphatic heterocycles. The van der Waals surface area contributed by atoms with Gasteiger partial charge in [-0.15, -0.1) is 5.10 Å². The number of hydrogen-bond acceptors (Lipinski definition) is 5. The highest BCUT2D eigenvalue weighted by Crippen LogP contribution is 2.23. The third-order valence-corrected chi connectivity index (χ3v) is 4.10. The van der Waals surface area contributed by atoms with Crippen LogP contribution in [0.15, 0.2) is 16.9 Å². The Morgan fingerprint density at radius 1 is 1.59 bits per heavy atom. The van der Waals surface area contributed by atoms with Crippen LogP contribution in [0.3, 0.4) is 0 Å². The SMILES string of the molecule is O=c1[nH]nc2ccc(NCC3CCSC3)nn12. The van der Waals surface area contributed by atoms with Crippen LogP contribution >= 0.6 is 11.8 Å². The normalized spacial score (nSPS) is 19.9. The van der Waals surface area contributed by atoms with Crippen LogP contribution < -0.4 is 11.0 Å². The summed E-state index contributed by atoms with van der Waals surface area (Å²) in [6, 6.07) is 3.62. The van der Waals surface area contributed by atoms with E-state index in [0.29, 0.717) is 11.6 Å². The number of rotatable bonds is 3. The summed E-state index contributed by atoms with van der Waals surface area (Å²) in [5.74, 6) is 3.89. The summed E-state index contributed by atoms with van der Waals surface area (Å²) >= 11 is 1.99. The monoisotopic (exact) mass is 251 g/mol. The predicted molar refractivity (Wildman–Crippen MR) is 67.5 cm³/mol. The number of hydrogen-bond donors (Lipinski definition) is 2. The second-order valence-electron chi connectivity index (χ2n) is 4.13. The number of thioether (sulfide) groups is 1. The fourth-order valence-corrected chi connectivity index (χ4v) is 3.17. The summed E-state index contributed by atoms with van der Waals surface area (Å²) in [5, 5.41) is 13.7. The quantitative estimate of drug-likeness (QED) is 0.834. The van der Waals surface area contributed by atoms with Crippen LogP contribution in [0.1, 0.15) is 6.42 Å². The van der Waals surface area contributed by atoms with E-state index in [9.17, 15) is 4.79 Å². The molecule has 2 N–H and O–H groups in total. The number of anilines is 1. The Balaban J connectivity index is 1.75. The first-order chi connectivity index (χ1) is 8.33. The highest BCUT2D eigenvalue weighted by molar-refractivity contribution is 7.99. The van der Waals surface area contributed by atoms with Crippen LogP contribution in [0.5, 0.6) is 0 Å². The lowest BCUT2D eigenvalue weighted by atomic mass is 10.1. The minimum Gasteiger partial charge on any atom is -0.368 e. The molecule has 0 aliphatic carbocycles. The summed E-state index contributed by atoms with van der Waals surface area (Å²) in [7, 11) is 0. The molecule has 0 amide bonds. The Labute approximate surface area is 102 Å². The van der Waals surface area contributed by atoms with E-state index in [1.807, 2.05) is 17.8 Å². The molecule has 1 atom stereocenters. The average molecular weight is 251 g/mol. The van der Waals surface area contributed by atoms with Crippen LogP contribution in [0.4, 0.5) is 5.82 Å². The van der Waals surface area contributed by atoms with Gasteiger partial charge in [0.25, 0.3) is 0 Å². The minimum atomic E-state index is -0.305. The standard InChI is InChI=1S/C10H13N5OS/c16-10-13-12-9-2-1-8(14-15(9)10)11-5-7-3-4-17-6-7/h1-2,7H,3-6H2,(H,11,14)(H,13,16). The molecule has 90 valence electrons. The van der Waals surface area contributed by atoms with Gasteiger partial charge in [0.2, 0.25) is 0 Å². The van der Waals surface area contributed by atoms with Gasteiger partial charge in [-0.2, -0.15) is 21.4 Å². The van der Waals surface area contributed by atoms with Crippen molar-refractivity contribution in [2.75, 3.05) is 23.4 Å². The summed E-state index contributed by atoms with van der Waals surface area (Å²) in [6.45, 7) is 0.915. The molecule has 2 aromatic rings. The zero-order chi connectivity index (χ0) is 11.7. The largest absolute Gasteiger partial charge is 0.368 e. The van der Waals surface area contributed by atoms with Crippen LogP contribution in [0.25, 0.3) is 5.65 Å². The Bertz CT molecular complexity index is 571. The third kappa shape index (κ3) is 2.14. The van der Waals surface area contributed by atoms with Gasteiger partial charge in [0.1, 0.15) is 5.82 Å². The van der Waals surface area contributed by atoms with E-state index >= 15 is 0 Å². The molecule has 1 unspecified atom stereocenters. The Hall–Kier alpha value is -1.50. The van der Waals surface area contributed by atoms with Gasteiger partial charge < -0.3 is 5.32 Å². The van der Waals surface area contributed by atoms with Crippen molar-refractivity contribution in [3.63, 3.8) is 0 Å². The number of nitrogens with one attached hydrogen (secondary N) is 2. The highest BCUT2D eigenvalue weighted by atomic mass is 32.2. The van der Waals surface area contributed by atoms with Crippen molar-refractivity contribution in [2.45, 2.75) is 6.42 Å². The number of fused-ring (bicyclic) bond motifs is 1. The van der Waals surface area contributed by atoms with Gasteiger partial charge in [0.05, 0.1) is 0 Å². The molecule has 0 saturated carbocycles. The Kier molecular flexibility index (Phi) is 2.76. The molecular weight excluding hydrogens is 238 g/mol. The first kappa shape index (κ1) is 10.6. The van der Waals surface area contributed by atoms with Crippen LogP contribution in [-0.2, 0) is 0 Å². The van der Waals surface area contributed by atoms with Gasteiger partial charge in [-0.3, -0.25) is 0 Å². The van der Waals surface area contributed by atoms with Gasteiger partial charge >= 0.3 is 5.69 Å². The zero-order valence-corrected chi connectivity index (χ0v) is 10.0. The molecule has 1 fully saturated rings. The average Bonchev–Trinajstić information content (AvgIpc) is 2.97. The van der Waals surface area contributed by atoms with Crippen molar-refractivity contribution in [3.8, 4) is 0 Å². The molecule has 2 aromatic heterocycles.